The molecule has 1 rings (SSSR count). The first kappa shape index (κ1) is 30.6. The van der Waals surface area contributed by atoms with Gasteiger partial charge in [-0.25, -0.2) is 28.0 Å². The van der Waals surface area contributed by atoms with E-state index in [4.69, 9.17) is 18.1 Å². The number of nitrogens with one attached hydrogen (secondary N) is 2. The second kappa shape index (κ2) is 11.6. The Labute approximate surface area is 197 Å². The van der Waals surface area contributed by atoms with Crippen LogP contribution in [0.4, 0.5) is 0 Å². The largest absolute Gasteiger partial charge is 0.254 e. The Balaban J connectivity index is 4.60. The molecule has 0 spiro atoms. The molecule has 16 heteroatoms. The van der Waals surface area contributed by atoms with E-state index in [1.807, 2.05) is 0 Å². The van der Waals surface area contributed by atoms with Gasteiger partial charge in [0.2, 0.25) is 30.0 Å². The lowest BCUT2D eigenvalue weighted by Gasteiger charge is -2.45. The Morgan fingerprint density at radius 1 is 0.438 bits per heavy atom. The Bertz CT molecular complexity index is 765. The molecule has 2 atom stereocenters. The van der Waals surface area contributed by atoms with Crippen molar-refractivity contribution in [3.63, 3.8) is 0 Å². The van der Waals surface area contributed by atoms with Gasteiger partial charge in [0.15, 0.2) is 0 Å². The molecular formula is C16H48N12P4. The number of hydrogen-bond donors (Lipinski definition) is 2. The third-order valence-corrected chi connectivity index (χ3v) is 20.8. The van der Waals surface area contributed by atoms with E-state index in [1.54, 1.807) is 0 Å². The van der Waals surface area contributed by atoms with E-state index in [1.165, 1.54) is 0 Å². The Kier molecular flexibility index (Phi) is 11.1. The Hall–Kier alpha value is 0.600. The summed E-state index contributed by atoms with van der Waals surface area (Å²) in [7, 11) is 14.6. The van der Waals surface area contributed by atoms with E-state index < -0.39 is 30.0 Å². The predicted molar refractivity (Wildman–Crippen MR) is 147 cm³/mol. The second-order valence-corrected chi connectivity index (χ2v) is 21.4. The Morgan fingerprint density at radius 2 is 0.688 bits per heavy atom. The van der Waals surface area contributed by atoms with Crippen molar-refractivity contribution < 1.29 is 0 Å². The van der Waals surface area contributed by atoms with Crippen LogP contribution in [-0.4, -0.2) is 126 Å². The highest BCUT2D eigenvalue weighted by molar-refractivity contribution is 7.83. The Morgan fingerprint density at radius 3 is 0.844 bits per heavy atom. The minimum Gasteiger partial charge on any atom is -0.254 e. The van der Waals surface area contributed by atoms with Gasteiger partial charge in [0.25, 0.3) is 0 Å². The molecule has 0 radical (unpaired) electrons. The number of rotatable bonds is 10. The summed E-state index contributed by atoms with van der Waals surface area (Å²) in [4.78, 5) is 0. The molecular weight excluding hydrogens is 484 g/mol. The molecule has 0 saturated heterocycles. The molecule has 0 aromatic rings. The molecule has 2 N–H and O–H groups in total. The van der Waals surface area contributed by atoms with Crippen molar-refractivity contribution in [2.45, 2.75) is 13.8 Å². The maximum absolute atomic E-state index is 5.64. The summed E-state index contributed by atoms with van der Waals surface area (Å²) in [5, 5.41) is 7.39. The molecule has 0 aromatic heterocycles. The molecule has 0 aliphatic carbocycles. The van der Waals surface area contributed by atoms with Crippen molar-refractivity contribution in [1.29, 1.82) is 0 Å². The molecule has 12 nitrogen and oxygen atoms in total. The lowest BCUT2D eigenvalue weighted by molar-refractivity contribution is 0.552. The van der Waals surface area contributed by atoms with Gasteiger partial charge in [0, 0.05) is 13.1 Å². The average Bonchev–Trinajstić information content (AvgIpc) is 2.64. The fraction of sp³-hybridized carbons (Fsp3) is 1.00. The third kappa shape index (κ3) is 5.70. The molecule has 0 fully saturated rings. The van der Waals surface area contributed by atoms with Gasteiger partial charge in [-0.1, -0.05) is 13.8 Å². The first-order valence-corrected chi connectivity index (χ1v) is 17.2. The van der Waals surface area contributed by atoms with Crippen molar-refractivity contribution in [3.05, 3.63) is 0 Å². The van der Waals surface area contributed by atoms with E-state index in [-0.39, 0.29) is 0 Å². The summed E-state index contributed by atoms with van der Waals surface area (Å²) >= 11 is 0. The third-order valence-electron chi connectivity index (χ3n) is 4.98. The van der Waals surface area contributed by atoms with Crippen molar-refractivity contribution in [2.75, 3.05) is 97.7 Å². The summed E-state index contributed by atoms with van der Waals surface area (Å²) in [5.74, 6) is 0. The van der Waals surface area contributed by atoms with Gasteiger partial charge in [-0.05, 0) is 84.6 Å². The molecule has 0 saturated carbocycles. The second-order valence-electron chi connectivity index (χ2n) is 8.67. The maximum Gasteiger partial charge on any atom is 0.220 e. The van der Waals surface area contributed by atoms with Crippen LogP contribution in [0.25, 0.3) is 0 Å². The fourth-order valence-electron chi connectivity index (χ4n) is 3.25. The van der Waals surface area contributed by atoms with Crippen LogP contribution in [0.2, 0.25) is 0 Å². The first-order valence-electron chi connectivity index (χ1n) is 10.7. The average molecular weight is 533 g/mol. The minimum atomic E-state index is -2.55. The van der Waals surface area contributed by atoms with Crippen molar-refractivity contribution in [1.82, 2.24) is 38.2 Å². The van der Waals surface area contributed by atoms with Crippen LogP contribution in [0.1, 0.15) is 13.8 Å². The van der Waals surface area contributed by atoms with Crippen molar-refractivity contribution in [2.24, 2.45) is 18.1 Å². The topological polar surface area (TPSA) is 92.9 Å². The van der Waals surface area contributed by atoms with E-state index >= 15 is 0 Å². The summed E-state index contributed by atoms with van der Waals surface area (Å²) in [6.45, 7) is 5.72. The number of hydrogen-bond acceptors (Lipinski definition) is 12. The van der Waals surface area contributed by atoms with Crippen LogP contribution >= 0.6 is 30.0 Å². The van der Waals surface area contributed by atoms with E-state index in [0.29, 0.717) is 0 Å². The van der Waals surface area contributed by atoms with Gasteiger partial charge in [-0.3, -0.25) is 10.2 Å². The molecule has 1 aliphatic rings. The summed E-state index contributed by atoms with van der Waals surface area (Å²) in [6, 6.07) is 0. The molecule has 32 heavy (non-hydrogen) atoms. The highest BCUT2D eigenvalue weighted by Crippen LogP contribution is 2.79. The predicted octanol–water partition coefficient (Wildman–Crippen LogP) is 4.37. The SMILES string of the molecule is CCNP1(N(C)C)=NP(N(C)C)(N(C)C)=NP(NCC)(N(C)C)=NP(N(C)C)(N(C)C)=N1. The van der Waals surface area contributed by atoms with Crippen LogP contribution in [0.3, 0.4) is 0 Å². The van der Waals surface area contributed by atoms with Gasteiger partial charge < -0.3 is 0 Å². The first-order chi connectivity index (χ1) is 14.6. The molecule has 0 bridgehead atoms. The zero-order valence-electron chi connectivity index (χ0n) is 22.7. The maximum atomic E-state index is 5.64. The van der Waals surface area contributed by atoms with Gasteiger partial charge in [0.1, 0.15) is 0 Å². The standard InChI is InChI=1S/C16H48N12P4/c1-15-17-29(23(3)4)19-31(25(7)8,26(9)10)21-30(18-16-2,24(5)6)22-32(20-29,27(11)12)28(13)14/h17-18H,15-16H2,1-14H3. The lowest BCUT2D eigenvalue weighted by Crippen LogP contribution is -2.29. The molecule has 1 heterocycles. The van der Waals surface area contributed by atoms with Crippen molar-refractivity contribution in [3.8, 4) is 0 Å². The van der Waals surface area contributed by atoms with E-state index in [9.17, 15) is 0 Å². The normalized spacial score (nSPS) is 27.9. The highest BCUT2D eigenvalue weighted by Gasteiger charge is 2.42. The van der Waals surface area contributed by atoms with Gasteiger partial charge in [-0.15, -0.1) is 0 Å². The smallest absolute Gasteiger partial charge is 0.220 e. The minimum absolute atomic E-state index is 0.752. The molecule has 0 amide bonds. The summed E-state index contributed by atoms with van der Waals surface area (Å²) < 4.78 is 35.5. The quantitative estimate of drug-likeness (QED) is 0.401. The lowest BCUT2D eigenvalue weighted by atomic mass is 10.8. The highest BCUT2D eigenvalue weighted by atomic mass is 31.3. The molecule has 1 aliphatic heterocycles. The van der Waals surface area contributed by atoms with Crippen LogP contribution in [0, 0.1) is 0 Å². The molecule has 192 valence electrons. The van der Waals surface area contributed by atoms with Crippen LogP contribution < -0.4 is 10.2 Å². The van der Waals surface area contributed by atoms with E-state index in [0.717, 1.165) is 13.1 Å². The summed E-state index contributed by atoms with van der Waals surface area (Å²) in [5.41, 5.74) is 0. The van der Waals surface area contributed by atoms with Crippen LogP contribution in [0.5, 0.6) is 0 Å². The zero-order chi connectivity index (χ0) is 25.1. The zero-order valence-corrected chi connectivity index (χ0v) is 26.3. The van der Waals surface area contributed by atoms with Crippen molar-refractivity contribution >= 4 is 30.0 Å². The molecule has 0 aromatic carbocycles. The monoisotopic (exact) mass is 532 g/mol. The molecule has 2 unspecified atom stereocenters. The van der Waals surface area contributed by atoms with Crippen LogP contribution in [-0.2, 0) is 0 Å². The van der Waals surface area contributed by atoms with E-state index in [2.05, 4.69) is 137 Å². The summed E-state index contributed by atoms with van der Waals surface area (Å²) in [6.07, 6.45) is 0. The van der Waals surface area contributed by atoms with Gasteiger partial charge >= 0.3 is 0 Å². The fourth-order valence-corrected chi connectivity index (χ4v) is 22.0. The number of nitrogens with zero attached hydrogens (tertiary/aromatic N) is 10. The van der Waals surface area contributed by atoms with Gasteiger partial charge in [0.05, 0.1) is 0 Å². The van der Waals surface area contributed by atoms with Gasteiger partial charge in [-0.2, -0.15) is 18.1 Å². The van der Waals surface area contributed by atoms with Crippen LogP contribution in [0.15, 0.2) is 18.1 Å².